The SMILES string of the molecule is COc1cccc(/C=C/c2ccc3c(c2)NC(=O)CO3)n1. The van der Waals surface area contributed by atoms with Gasteiger partial charge in [0, 0.05) is 6.07 Å². The number of aromatic nitrogens is 1. The summed E-state index contributed by atoms with van der Waals surface area (Å²) >= 11 is 0. The molecule has 0 fully saturated rings. The zero-order chi connectivity index (χ0) is 14.7. The normalized spacial score (nSPS) is 13.5. The molecule has 1 N–H and O–H groups in total. The number of methoxy groups -OCH3 is 1. The molecule has 1 amide bonds. The maximum absolute atomic E-state index is 11.3. The Morgan fingerprint density at radius 2 is 2.19 bits per heavy atom. The molecule has 0 saturated heterocycles. The Kier molecular flexibility index (Phi) is 3.55. The highest BCUT2D eigenvalue weighted by atomic mass is 16.5. The Labute approximate surface area is 122 Å². The van der Waals surface area contributed by atoms with Crippen molar-refractivity contribution >= 4 is 23.7 Å². The molecule has 0 saturated carbocycles. The minimum atomic E-state index is -0.141. The van der Waals surface area contributed by atoms with Crippen molar-refractivity contribution in [2.75, 3.05) is 19.0 Å². The van der Waals surface area contributed by atoms with Gasteiger partial charge in [0.25, 0.3) is 5.91 Å². The van der Waals surface area contributed by atoms with Gasteiger partial charge >= 0.3 is 0 Å². The molecular formula is C16H14N2O3. The number of hydrogen-bond donors (Lipinski definition) is 1. The van der Waals surface area contributed by atoms with Crippen molar-refractivity contribution in [2.24, 2.45) is 0 Å². The highest BCUT2D eigenvalue weighted by Gasteiger charge is 2.15. The number of amides is 1. The van der Waals surface area contributed by atoms with E-state index in [0.29, 0.717) is 17.3 Å². The van der Waals surface area contributed by atoms with Gasteiger partial charge in [0.05, 0.1) is 18.5 Å². The van der Waals surface area contributed by atoms with E-state index in [-0.39, 0.29) is 12.5 Å². The number of benzene rings is 1. The van der Waals surface area contributed by atoms with Crippen LogP contribution in [0.1, 0.15) is 11.3 Å². The fourth-order valence-electron chi connectivity index (χ4n) is 2.02. The number of ether oxygens (including phenoxy) is 2. The molecule has 0 spiro atoms. The number of pyridine rings is 1. The lowest BCUT2D eigenvalue weighted by atomic mass is 10.1. The zero-order valence-electron chi connectivity index (χ0n) is 11.5. The Hall–Kier alpha value is -2.82. The van der Waals surface area contributed by atoms with Crippen molar-refractivity contribution in [3.05, 3.63) is 47.7 Å². The van der Waals surface area contributed by atoms with E-state index in [9.17, 15) is 4.79 Å². The van der Waals surface area contributed by atoms with Gasteiger partial charge in [-0.1, -0.05) is 18.2 Å². The summed E-state index contributed by atoms with van der Waals surface area (Å²) in [6.45, 7) is 0.0654. The Bertz CT molecular complexity index is 710. The van der Waals surface area contributed by atoms with Gasteiger partial charge in [-0.2, -0.15) is 0 Å². The van der Waals surface area contributed by atoms with Gasteiger partial charge in [-0.3, -0.25) is 4.79 Å². The summed E-state index contributed by atoms with van der Waals surface area (Å²) in [5.41, 5.74) is 2.43. The van der Waals surface area contributed by atoms with Gasteiger partial charge in [-0.25, -0.2) is 4.98 Å². The molecule has 0 aliphatic carbocycles. The monoisotopic (exact) mass is 282 g/mol. The lowest BCUT2D eigenvalue weighted by Crippen LogP contribution is -2.25. The van der Waals surface area contributed by atoms with Gasteiger partial charge < -0.3 is 14.8 Å². The lowest BCUT2D eigenvalue weighted by Gasteiger charge is -2.17. The fourth-order valence-corrected chi connectivity index (χ4v) is 2.02. The summed E-state index contributed by atoms with van der Waals surface area (Å²) in [5.74, 6) is 1.12. The van der Waals surface area contributed by atoms with E-state index < -0.39 is 0 Å². The molecule has 106 valence electrons. The second-order valence-electron chi connectivity index (χ2n) is 4.53. The van der Waals surface area contributed by atoms with Crippen LogP contribution in [0.3, 0.4) is 0 Å². The Morgan fingerprint density at radius 1 is 1.29 bits per heavy atom. The van der Waals surface area contributed by atoms with E-state index >= 15 is 0 Å². The summed E-state index contributed by atoms with van der Waals surface area (Å²) < 4.78 is 10.4. The third-order valence-corrected chi connectivity index (χ3v) is 3.04. The lowest BCUT2D eigenvalue weighted by molar-refractivity contribution is -0.118. The van der Waals surface area contributed by atoms with Crippen LogP contribution in [0.4, 0.5) is 5.69 Å². The smallest absolute Gasteiger partial charge is 0.262 e. The van der Waals surface area contributed by atoms with Crippen molar-refractivity contribution in [3.8, 4) is 11.6 Å². The largest absolute Gasteiger partial charge is 0.482 e. The van der Waals surface area contributed by atoms with Crippen LogP contribution in [0.25, 0.3) is 12.2 Å². The van der Waals surface area contributed by atoms with Crippen LogP contribution in [0.15, 0.2) is 36.4 Å². The molecule has 1 aromatic heterocycles. The highest BCUT2D eigenvalue weighted by Crippen LogP contribution is 2.29. The summed E-state index contributed by atoms with van der Waals surface area (Å²) in [6, 6.07) is 11.2. The van der Waals surface area contributed by atoms with Gasteiger partial charge in [0.2, 0.25) is 5.88 Å². The van der Waals surface area contributed by atoms with E-state index in [1.54, 1.807) is 13.2 Å². The third-order valence-electron chi connectivity index (χ3n) is 3.04. The Morgan fingerprint density at radius 3 is 3.05 bits per heavy atom. The minimum Gasteiger partial charge on any atom is -0.482 e. The molecular weight excluding hydrogens is 268 g/mol. The number of carbonyl (C=O) groups excluding carboxylic acids is 1. The van der Waals surface area contributed by atoms with E-state index in [0.717, 1.165) is 11.3 Å². The van der Waals surface area contributed by atoms with Crippen LogP contribution in [-0.4, -0.2) is 24.6 Å². The quantitative estimate of drug-likeness (QED) is 0.940. The molecule has 21 heavy (non-hydrogen) atoms. The minimum absolute atomic E-state index is 0.0654. The first-order chi connectivity index (χ1) is 10.2. The number of rotatable bonds is 3. The standard InChI is InChI=1S/C16H14N2O3/c1-20-16-4-2-3-12(17-16)7-5-11-6-8-14-13(9-11)18-15(19)10-21-14/h2-9H,10H2,1H3,(H,18,19)/b7-5+. The summed E-state index contributed by atoms with van der Waals surface area (Å²) in [6.07, 6.45) is 3.80. The van der Waals surface area contributed by atoms with Crippen LogP contribution in [-0.2, 0) is 4.79 Å². The molecule has 1 aromatic carbocycles. The number of anilines is 1. The van der Waals surface area contributed by atoms with Gasteiger partial charge in [-0.15, -0.1) is 0 Å². The molecule has 0 atom stereocenters. The van der Waals surface area contributed by atoms with Crippen molar-refractivity contribution in [1.29, 1.82) is 0 Å². The molecule has 5 nitrogen and oxygen atoms in total. The topological polar surface area (TPSA) is 60.5 Å². The van der Waals surface area contributed by atoms with Gasteiger partial charge in [0.15, 0.2) is 6.61 Å². The molecule has 2 aromatic rings. The summed E-state index contributed by atoms with van der Waals surface area (Å²) in [4.78, 5) is 15.6. The Balaban J connectivity index is 1.82. The summed E-state index contributed by atoms with van der Waals surface area (Å²) in [5, 5.41) is 2.78. The van der Waals surface area contributed by atoms with E-state index in [1.807, 2.05) is 42.5 Å². The molecule has 5 heteroatoms. The van der Waals surface area contributed by atoms with Gasteiger partial charge in [-0.05, 0) is 29.8 Å². The van der Waals surface area contributed by atoms with Crippen LogP contribution in [0.5, 0.6) is 11.6 Å². The van der Waals surface area contributed by atoms with Crippen molar-refractivity contribution in [2.45, 2.75) is 0 Å². The second kappa shape index (κ2) is 5.66. The molecule has 2 heterocycles. The third kappa shape index (κ3) is 3.02. The molecule has 1 aliphatic rings. The number of carbonyl (C=O) groups is 1. The van der Waals surface area contributed by atoms with E-state index in [1.165, 1.54) is 0 Å². The average Bonchev–Trinajstić information content (AvgIpc) is 2.52. The average molecular weight is 282 g/mol. The fraction of sp³-hybridized carbons (Fsp3) is 0.125. The zero-order valence-corrected chi connectivity index (χ0v) is 11.5. The maximum atomic E-state index is 11.3. The molecule has 1 aliphatic heterocycles. The molecule has 3 rings (SSSR count). The van der Waals surface area contributed by atoms with Crippen LogP contribution >= 0.6 is 0 Å². The number of nitrogens with one attached hydrogen (secondary N) is 1. The molecule has 0 bridgehead atoms. The van der Waals surface area contributed by atoms with Crippen LogP contribution in [0.2, 0.25) is 0 Å². The number of nitrogens with zero attached hydrogens (tertiary/aromatic N) is 1. The van der Waals surface area contributed by atoms with Gasteiger partial charge in [0.1, 0.15) is 5.75 Å². The van der Waals surface area contributed by atoms with Crippen molar-refractivity contribution in [3.63, 3.8) is 0 Å². The predicted molar refractivity (Wildman–Crippen MR) is 80.3 cm³/mol. The van der Waals surface area contributed by atoms with Crippen molar-refractivity contribution < 1.29 is 14.3 Å². The second-order valence-corrected chi connectivity index (χ2v) is 4.53. The highest BCUT2D eigenvalue weighted by molar-refractivity contribution is 5.95. The first-order valence-electron chi connectivity index (χ1n) is 6.50. The van der Waals surface area contributed by atoms with Crippen molar-refractivity contribution in [1.82, 2.24) is 4.98 Å². The van der Waals surface area contributed by atoms with Crippen LogP contribution in [0, 0.1) is 0 Å². The first kappa shape index (κ1) is 13.2. The maximum Gasteiger partial charge on any atom is 0.262 e. The number of fused-ring (bicyclic) bond motifs is 1. The first-order valence-corrected chi connectivity index (χ1v) is 6.50. The number of hydrogen-bond acceptors (Lipinski definition) is 4. The predicted octanol–water partition coefficient (Wildman–Crippen LogP) is 2.59. The van der Waals surface area contributed by atoms with E-state index in [2.05, 4.69) is 10.3 Å². The summed E-state index contributed by atoms with van der Waals surface area (Å²) in [7, 11) is 1.59. The van der Waals surface area contributed by atoms with E-state index in [4.69, 9.17) is 9.47 Å². The molecule has 0 unspecified atom stereocenters. The van der Waals surface area contributed by atoms with Crippen LogP contribution < -0.4 is 14.8 Å². The molecule has 0 radical (unpaired) electrons.